The number of amides is 1. The van der Waals surface area contributed by atoms with Crippen LogP contribution in [0, 0.1) is 6.92 Å². The third-order valence-corrected chi connectivity index (χ3v) is 7.64. The quantitative estimate of drug-likeness (QED) is 0.369. The molecule has 8 nitrogen and oxygen atoms in total. The second kappa shape index (κ2) is 10.9. The zero-order chi connectivity index (χ0) is 24.4. The van der Waals surface area contributed by atoms with E-state index in [1.165, 1.54) is 4.88 Å². The fourth-order valence-corrected chi connectivity index (χ4v) is 5.55. The SMILES string of the molecule is C.Cc1cc(C(=O)NCc2ccc3c(N)nccc3c2)sc1CN1CCN(c2cc[nH]c(=O)c2)CC1. The van der Waals surface area contributed by atoms with E-state index in [2.05, 4.69) is 32.0 Å². The largest absolute Gasteiger partial charge is 0.383 e. The Morgan fingerprint density at radius 1 is 1.14 bits per heavy atom. The molecule has 36 heavy (non-hydrogen) atoms. The summed E-state index contributed by atoms with van der Waals surface area (Å²) in [5, 5.41) is 4.97. The number of nitrogen functional groups attached to an aromatic ring is 1. The molecule has 0 unspecified atom stereocenters. The fourth-order valence-electron chi connectivity index (χ4n) is 4.42. The first kappa shape index (κ1) is 25.4. The van der Waals surface area contributed by atoms with E-state index in [0.29, 0.717) is 12.4 Å². The number of fused-ring (bicyclic) bond motifs is 1. The molecule has 4 N–H and O–H groups in total. The van der Waals surface area contributed by atoms with Crippen LogP contribution in [0.25, 0.3) is 10.8 Å². The first-order valence-corrected chi connectivity index (χ1v) is 12.4. The zero-order valence-electron chi connectivity index (χ0n) is 19.6. The van der Waals surface area contributed by atoms with Crippen molar-refractivity contribution in [2.24, 2.45) is 0 Å². The Morgan fingerprint density at radius 3 is 2.72 bits per heavy atom. The number of thiophene rings is 1. The van der Waals surface area contributed by atoms with Crippen molar-refractivity contribution in [1.29, 1.82) is 0 Å². The Bertz CT molecular complexity index is 1420. The number of rotatable bonds is 6. The Labute approximate surface area is 214 Å². The lowest BCUT2D eigenvalue weighted by molar-refractivity contribution is 0.0955. The number of benzene rings is 1. The molecule has 5 rings (SSSR count). The van der Waals surface area contributed by atoms with Crippen LogP contribution < -0.4 is 21.5 Å². The average molecular weight is 505 g/mol. The van der Waals surface area contributed by atoms with Crippen LogP contribution >= 0.6 is 11.3 Å². The Kier molecular flexibility index (Phi) is 7.71. The number of anilines is 2. The van der Waals surface area contributed by atoms with Crippen molar-refractivity contribution in [1.82, 2.24) is 20.2 Å². The number of carbonyl (C=O) groups is 1. The minimum atomic E-state index is -0.0763. The molecule has 4 heterocycles. The standard InChI is InChI=1S/C26H28N6O2S.CH4/c1-17-12-22(26(34)30-15-18-2-3-21-19(13-18)4-6-29-25(21)27)35-23(17)16-31-8-10-32(11-9-31)20-5-7-28-24(33)14-20;/h2-7,12-14H,8-11,15-16H2,1H3,(H2,27,29)(H,28,33)(H,30,34);1H4. The van der Waals surface area contributed by atoms with Crippen LogP contribution in [0.4, 0.5) is 11.5 Å². The molecule has 0 aliphatic carbocycles. The van der Waals surface area contributed by atoms with Crippen molar-refractivity contribution < 1.29 is 4.79 Å². The maximum atomic E-state index is 12.8. The lowest BCUT2D eigenvalue weighted by Gasteiger charge is -2.35. The van der Waals surface area contributed by atoms with Crippen LogP contribution in [0.1, 0.15) is 33.1 Å². The highest BCUT2D eigenvalue weighted by atomic mass is 32.1. The highest BCUT2D eigenvalue weighted by molar-refractivity contribution is 7.14. The minimum Gasteiger partial charge on any atom is -0.383 e. The normalized spacial score (nSPS) is 14.0. The average Bonchev–Trinajstić information content (AvgIpc) is 3.23. The third kappa shape index (κ3) is 5.58. The third-order valence-electron chi connectivity index (χ3n) is 6.42. The van der Waals surface area contributed by atoms with E-state index < -0.39 is 0 Å². The van der Waals surface area contributed by atoms with Gasteiger partial charge in [0.25, 0.3) is 5.91 Å². The minimum absolute atomic E-state index is 0. The molecule has 0 atom stereocenters. The number of nitrogens with zero attached hydrogens (tertiary/aromatic N) is 3. The Morgan fingerprint density at radius 2 is 1.94 bits per heavy atom. The Hall–Kier alpha value is -3.69. The molecule has 3 aromatic heterocycles. The van der Waals surface area contributed by atoms with Gasteiger partial charge in [-0.3, -0.25) is 14.5 Å². The summed E-state index contributed by atoms with van der Waals surface area (Å²) < 4.78 is 0. The Balaban J connectivity index is 0.00000304. The van der Waals surface area contributed by atoms with Gasteiger partial charge in [0.1, 0.15) is 5.82 Å². The number of nitrogens with two attached hydrogens (primary N) is 1. The predicted molar refractivity (Wildman–Crippen MR) is 148 cm³/mol. The predicted octanol–water partition coefficient (Wildman–Crippen LogP) is 3.76. The number of aryl methyl sites for hydroxylation is 1. The molecule has 1 aliphatic rings. The maximum Gasteiger partial charge on any atom is 0.261 e. The molecule has 0 saturated carbocycles. The number of aromatic amines is 1. The molecule has 1 amide bonds. The number of carbonyl (C=O) groups excluding carboxylic acids is 1. The second-order valence-corrected chi connectivity index (χ2v) is 9.96. The van der Waals surface area contributed by atoms with Gasteiger partial charge in [0.15, 0.2) is 0 Å². The number of nitrogens with one attached hydrogen (secondary N) is 2. The number of pyridine rings is 2. The van der Waals surface area contributed by atoms with Gasteiger partial charge in [0.05, 0.1) is 4.88 Å². The summed E-state index contributed by atoms with van der Waals surface area (Å²) in [5.74, 6) is 0.453. The van der Waals surface area contributed by atoms with E-state index >= 15 is 0 Å². The van der Waals surface area contributed by atoms with E-state index in [4.69, 9.17) is 5.73 Å². The highest BCUT2D eigenvalue weighted by Crippen LogP contribution is 2.25. The van der Waals surface area contributed by atoms with Crippen molar-refractivity contribution in [2.45, 2.75) is 27.4 Å². The van der Waals surface area contributed by atoms with Crippen LogP contribution in [0.2, 0.25) is 0 Å². The summed E-state index contributed by atoms with van der Waals surface area (Å²) in [6, 6.07) is 13.4. The summed E-state index contributed by atoms with van der Waals surface area (Å²) in [6.07, 6.45) is 3.39. The van der Waals surface area contributed by atoms with Gasteiger partial charge >= 0.3 is 0 Å². The van der Waals surface area contributed by atoms with Gasteiger partial charge < -0.3 is 20.9 Å². The van der Waals surface area contributed by atoms with Crippen molar-refractivity contribution in [3.05, 3.63) is 86.1 Å². The van der Waals surface area contributed by atoms with Crippen LogP contribution in [0.15, 0.2) is 59.7 Å². The van der Waals surface area contributed by atoms with Crippen LogP contribution in [0.5, 0.6) is 0 Å². The molecule has 1 aliphatic heterocycles. The molecule has 0 spiro atoms. The molecule has 0 bridgehead atoms. The van der Waals surface area contributed by atoms with Gasteiger partial charge in [0, 0.05) is 73.7 Å². The zero-order valence-corrected chi connectivity index (χ0v) is 20.4. The highest BCUT2D eigenvalue weighted by Gasteiger charge is 2.20. The lowest BCUT2D eigenvalue weighted by Crippen LogP contribution is -2.46. The van der Waals surface area contributed by atoms with Crippen molar-refractivity contribution >= 4 is 39.5 Å². The first-order valence-electron chi connectivity index (χ1n) is 11.6. The van der Waals surface area contributed by atoms with Gasteiger partial charge in [-0.05, 0) is 47.7 Å². The molecule has 1 fully saturated rings. The van der Waals surface area contributed by atoms with Crippen molar-refractivity contribution in [2.75, 3.05) is 36.8 Å². The monoisotopic (exact) mass is 504 g/mol. The van der Waals surface area contributed by atoms with Crippen LogP contribution in [-0.2, 0) is 13.1 Å². The van der Waals surface area contributed by atoms with Gasteiger partial charge in [0.2, 0.25) is 5.56 Å². The smallest absolute Gasteiger partial charge is 0.261 e. The van der Waals surface area contributed by atoms with Crippen LogP contribution in [0.3, 0.4) is 0 Å². The molecule has 4 aromatic rings. The van der Waals surface area contributed by atoms with Gasteiger partial charge in [-0.15, -0.1) is 11.3 Å². The molecular weight excluding hydrogens is 472 g/mol. The number of aromatic nitrogens is 2. The number of H-pyrrole nitrogens is 1. The number of piperazine rings is 1. The van der Waals surface area contributed by atoms with E-state index in [1.807, 2.05) is 36.4 Å². The summed E-state index contributed by atoms with van der Waals surface area (Å²) in [7, 11) is 0. The number of hydrogen-bond donors (Lipinski definition) is 3. The van der Waals surface area contributed by atoms with E-state index in [1.54, 1.807) is 29.8 Å². The summed E-state index contributed by atoms with van der Waals surface area (Å²) in [6.45, 7) is 6.91. The topological polar surface area (TPSA) is 107 Å². The van der Waals surface area contributed by atoms with Crippen LogP contribution in [-0.4, -0.2) is 47.0 Å². The summed E-state index contributed by atoms with van der Waals surface area (Å²) in [5.41, 5.74) is 8.98. The maximum absolute atomic E-state index is 12.8. The van der Waals surface area contributed by atoms with E-state index in [0.717, 1.165) is 65.2 Å². The van der Waals surface area contributed by atoms with Gasteiger partial charge in [-0.2, -0.15) is 0 Å². The number of hydrogen-bond acceptors (Lipinski definition) is 7. The first-order chi connectivity index (χ1) is 17.0. The second-order valence-electron chi connectivity index (χ2n) is 8.83. The molecule has 1 saturated heterocycles. The molecule has 1 aromatic carbocycles. The fraction of sp³-hybridized carbons (Fsp3) is 0.296. The van der Waals surface area contributed by atoms with Crippen molar-refractivity contribution in [3.8, 4) is 0 Å². The van der Waals surface area contributed by atoms with E-state index in [-0.39, 0.29) is 18.9 Å². The van der Waals surface area contributed by atoms with Gasteiger partial charge in [-0.25, -0.2) is 4.98 Å². The van der Waals surface area contributed by atoms with Crippen molar-refractivity contribution in [3.63, 3.8) is 0 Å². The van der Waals surface area contributed by atoms with Gasteiger partial charge in [-0.1, -0.05) is 19.6 Å². The lowest BCUT2D eigenvalue weighted by atomic mass is 10.1. The molecular formula is C27H32N6O2S. The summed E-state index contributed by atoms with van der Waals surface area (Å²) >= 11 is 1.56. The molecule has 188 valence electrons. The molecule has 9 heteroatoms. The van der Waals surface area contributed by atoms with E-state index in [9.17, 15) is 9.59 Å². The summed E-state index contributed by atoms with van der Waals surface area (Å²) in [4.78, 5) is 37.8. The molecule has 0 radical (unpaired) electrons.